The Balaban J connectivity index is 3.37. The summed E-state index contributed by atoms with van der Waals surface area (Å²) in [6.07, 6.45) is 0.0932. The van der Waals surface area contributed by atoms with E-state index in [-0.39, 0.29) is 12.6 Å². The van der Waals surface area contributed by atoms with Crippen LogP contribution in [0.25, 0.3) is 0 Å². The Kier molecular flexibility index (Phi) is 4.66. The molecule has 0 heterocycles. The van der Waals surface area contributed by atoms with E-state index in [0.29, 0.717) is 6.42 Å². The second-order valence-corrected chi connectivity index (χ2v) is 2.05. The first kappa shape index (κ1) is 9.23. The van der Waals surface area contributed by atoms with Crippen LogP contribution in [-0.4, -0.2) is 31.0 Å². The van der Waals surface area contributed by atoms with Crippen LogP contribution in [-0.2, 0) is 4.74 Å². The SMILES string of the molecule is COC(=O)NC(C)CCO. The molecule has 0 saturated heterocycles. The Hall–Kier alpha value is -0.770. The van der Waals surface area contributed by atoms with Gasteiger partial charge in [-0.15, -0.1) is 0 Å². The quantitative estimate of drug-likeness (QED) is 0.595. The molecule has 4 heteroatoms. The van der Waals surface area contributed by atoms with Crippen LogP contribution in [0.5, 0.6) is 0 Å². The van der Waals surface area contributed by atoms with Gasteiger partial charge in [-0.05, 0) is 13.3 Å². The van der Waals surface area contributed by atoms with E-state index in [1.54, 1.807) is 6.92 Å². The number of aliphatic hydroxyl groups excluding tert-OH is 1. The molecule has 1 unspecified atom stereocenters. The molecule has 1 atom stereocenters. The summed E-state index contributed by atoms with van der Waals surface area (Å²) in [6, 6.07) is -0.0301. The smallest absolute Gasteiger partial charge is 0.407 e. The number of hydrogen-bond donors (Lipinski definition) is 2. The molecule has 0 aliphatic carbocycles. The van der Waals surface area contributed by atoms with Crippen LogP contribution >= 0.6 is 0 Å². The predicted octanol–water partition coefficient (Wildman–Crippen LogP) is 0.113. The molecule has 2 N–H and O–H groups in total. The van der Waals surface area contributed by atoms with Gasteiger partial charge in [0.25, 0.3) is 0 Å². The first-order valence-electron chi connectivity index (χ1n) is 3.16. The largest absolute Gasteiger partial charge is 0.453 e. The Labute approximate surface area is 60.2 Å². The average molecular weight is 147 g/mol. The third-order valence-electron chi connectivity index (χ3n) is 1.11. The zero-order valence-corrected chi connectivity index (χ0v) is 6.26. The molecule has 0 bridgehead atoms. The van der Waals surface area contributed by atoms with Gasteiger partial charge in [-0.1, -0.05) is 0 Å². The van der Waals surface area contributed by atoms with Crippen molar-refractivity contribution in [3.63, 3.8) is 0 Å². The van der Waals surface area contributed by atoms with Gasteiger partial charge in [-0.25, -0.2) is 4.79 Å². The summed E-state index contributed by atoms with van der Waals surface area (Å²) in [4.78, 5) is 10.5. The maximum Gasteiger partial charge on any atom is 0.407 e. The zero-order chi connectivity index (χ0) is 7.98. The lowest BCUT2D eigenvalue weighted by Gasteiger charge is -2.09. The highest BCUT2D eigenvalue weighted by Crippen LogP contribution is 1.88. The van der Waals surface area contributed by atoms with Crippen molar-refractivity contribution in [2.45, 2.75) is 19.4 Å². The van der Waals surface area contributed by atoms with Crippen molar-refractivity contribution in [2.75, 3.05) is 13.7 Å². The van der Waals surface area contributed by atoms with Crippen LogP contribution in [0, 0.1) is 0 Å². The summed E-state index contributed by atoms with van der Waals surface area (Å²) in [5, 5.41) is 10.9. The van der Waals surface area contributed by atoms with E-state index >= 15 is 0 Å². The lowest BCUT2D eigenvalue weighted by Crippen LogP contribution is -2.32. The van der Waals surface area contributed by atoms with Crippen LogP contribution in [0.3, 0.4) is 0 Å². The molecule has 10 heavy (non-hydrogen) atoms. The lowest BCUT2D eigenvalue weighted by atomic mass is 10.2. The molecule has 60 valence electrons. The Morgan fingerprint density at radius 1 is 1.80 bits per heavy atom. The van der Waals surface area contributed by atoms with Crippen LogP contribution in [0.15, 0.2) is 0 Å². The number of carbonyl (C=O) groups excluding carboxylic acids is 1. The Morgan fingerprint density at radius 3 is 2.80 bits per heavy atom. The Morgan fingerprint density at radius 2 is 2.40 bits per heavy atom. The predicted molar refractivity (Wildman–Crippen MR) is 36.7 cm³/mol. The molecule has 0 aromatic carbocycles. The second kappa shape index (κ2) is 5.05. The van der Waals surface area contributed by atoms with Gasteiger partial charge in [0, 0.05) is 12.6 Å². The highest BCUT2D eigenvalue weighted by molar-refractivity contribution is 5.67. The second-order valence-electron chi connectivity index (χ2n) is 2.05. The summed E-state index contributed by atoms with van der Waals surface area (Å²) in [6.45, 7) is 1.87. The molecule has 0 rings (SSSR count). The highest BCUT2D eigenvalue weighted by Gasteiger charge is 2.04. The summed E-state index contributed by atoms with van der Waals surface area (Å²) in [5.74, 6) is 0. The monoisotopic (exact) mass is 147 g/mol. The van der Waals surface area contributed by atoms with Crippen molar-refractivity contribution in [3.8, 4) is 0 Å². The number of aliphatic hydroxyl groups is 1. The standard InChI is InChI=1S/C6H13NO3/c1-5(3-4-8)7-6(9)10-2/h5,8H,3-4H2,1-2H3,(H,7,9). The number of nitrogens with one attached hydrogen (secondary N) is 1. The lowest BCUT2D eigenvalue weighted by molar-refractivity contribution is 0.164. The molecular weight excluding hydrogens is 134 g/mol. The van der Waals surface area contributed by atoms with Gasteiger partial charge < -0.3 is 15.2 Å². The van der Waals surface area contributed by atoms with Gasteiger partial charge in [0.05, 0.1) is 7.11 Å². The van der Waals surface area contributed by atoms with Gasteiger partial charge in [0.1, 0.15) is 0 Å². The molecule has 0 aliphatic heterocycles. The number of amides is 1. The molecule has 0 radical (unpaired) electrons. The van der Waals surface area contributed by atoms with Crippen molar-refractivity contribution in [3.05, 3.63) is 0 Å². The molecule has 1 amide bonds. The van der Waals surface area contributed by atoms with Crippen molar-refractivity contribution in [1.29, 1.82) is 0 Å². The molecule has 0 aromatic rings. The number of hydrogen-bond acceptors (Lipinski definition) is 3. The molecule has 0 aromatic heterocycles. The summed E-state index contributed by atoms with van der Waals surface area (Å²) >= 11 is 0. The molecule has 0 aliphatic rings. The van der Waals surface area contributed by atoms with Gasteiger partial charge in [-0.3, -0.25) is 0 Å². The van der Waals surface area contributed by atoms with Crippen molar-refractivity contribution < 1.29 is 14.6 Å². The molecule has 0 saturated carbocycles. The minimum absolute atomic E-state index is 0.0301. The number of rotatable bonds is 3. The van der Waals surface area contributed by atoms with Gasteiger partial charge >= 0.3 is 6.09 Å². The molecule has 0 spiro atoms. The van der Waals surface area contributed by atoms with E-state index < -0.39 is 6.09 Å². The minimum Gasteiger partial charge on any atom is -0.453 e. The summed E-state index contributed by atoms with van der Waals surface area (Å²) in [5.41, 5.74) is 0. The summed E-state index contributed by atoms with van der Waals surface area (Å²) < 4.78 is 4.34. The van der Waals surface area contributed by atoms with Crippen LogP contribution < -0.4 is 5.32 Å². The molecule has 4 nitrogen and oxygen atoms in total. The van der Waals surface area contributed by atoms with E-state index in [1.807, 2.05) is 0 Å². The minimum atomic E-state index is -0.457. The number of ether oxygens (including phenoxy) is 1. The number of carbonyl (C=O) groups is 1. The normalized spacial score (nSPS) is 12.3. The fourth-order valence-electron chi connectivity index (χ4n) is 0.526. The van der Waals surface area contributed by atoms with E-state index in [4.69, 9.17) is 5.11 Å². The van der Waals surface area contributed by atoms with Crippen LogP contribution in [0.2, 0.25) is 0 Å². The topological polar surface area (TPSA) is 58.6 Å². The van der Waals surface area contributed by atoms with E-state index in [2.05, 4.69) is 10.1 Å². The van der Waals surface area contributed by atoms with Crippen molar-refractivity contribution in [1.82, 2.24) is 5.32 Å². The van der Waals surface area contributed by atoms with Crippen LogP contribution in [0.4, 0.5) is 4.79 Å². The van der Waals surface area contributed by atoms with Gasteiger partial charge in [0.2, 0.25) is 0 Å². The van der Waals surface area contributed by atoms with Crippen molar-refractivity contribution >= 4 is 6.09 Å². The van der Waals surface area contributed by atoms with Gasteiger partial charge in [0.15, 0.2) is 0 Å². The zero-order valence-electron chi connectivity index (χ0n) is 6.26. The van der Waals surface area contributed by atoms with Gasteiger partial charge in [-0.2, -0.15) is 0 Å². The average Bonchev–Trinajstić information content (AvgIpc) is 1.88. The van der Waals surface area contributed by atoms with E-state index in [9.17, 15) is 4.79 Å². The number of alkyl carbamates (subject to hydrolysis) is 1. The first-order chi connectivity index (χ1) is 4.70. The third-order valence-corrected chi connectivity index (χ3v) is 1.11. The maximum atomic E-state index is 10.5. The van der Waals surface area contributed by atoms with E-state index in [0.717, 1.165) is 0 Å². The highest BCUT2D eigenvalue weighted by atomic mass is 16.5. The third kappa shape index (κ3) is 4.14. The van der Waals surface area contributed by atoms with E-state index in [1.165, 1.54) is 7.11 Å². The molecule has 0 fully saturated rings. The first-order valence-corrected chi connectivity index (χ1v) is 3.16. The van der Waals surface area contributed by atoms with Crippen molar-refractivity contribution in [2.24, 2.45) is 0 Å². The molecular formula is C6H13NO3. The summed E-state index contributed by atoms with van der Waals surface area (Å²) in [7, 11) is 1.31. The van der Waals surface area contributed by atoms with Crippen LogP contribution in [0.1, 0.15) is 13.3 Å². The Bertz CT molecular complexity index is 105. The maximum absolute atomic E-state index is 10.5. The fourth-order valence-corrected chi connectivity index (χ4v) is 0.526. The number of methoxy groups -OCH3 is 1. The fraction of sp³-hybridized carbons (Fsp3) is 0.833.